The van der Waals surface area contributed by atoms with Crippen LogP contribution in [0.2, 0.25) is 0 Å². The van der Waals surface area contributed by atoms with Crippen LogP contribution in [-0.4, -0.2) is 22.2 Å². The molecule has 2 aromatic rings. The highest BCUT2D eigenvalue weighted by Crippen LogP contribution is 2.10. The van der Waals surface area contributed by atoms with Crippen LogP contribution in [0.3, 0.4) is 0 Å². The summed E-state index contributed by atoms with van der Waals surface area (Å²) in [6.45, 7) is 0.694. The van der Waals surface area contributed by atoms with Crippen molar-refractivity contribution >= 4 is 11.6 Å². The molecule has 0 aliphatic carbocycles. The van der Waals surface area contributed by atoms with E-state index in [-0.39, 0.29) is 0 Å². The van der Waals surface area contributed by atoms with E-state index in [1.807, 2.05) is 36.2 Å². The van der Waals surface area contributed by atoms with Gasteiger partial charge >= 0.3 is 0 Å². The predicted molar refractivity (Wildman–Crippen MR) is 62.8 cm³/mol. The van der Waals surface area contributed by atoms with Crippen molar-refractivity contribution < 1.29 is 0 Å². The molecule has 2 N–H and O–H groups in total. The highest BCUT2D eigenvalue weighted by Gasteiger charge is 2.04. The second kappa shape index (κ2) is 4.57. The third-order valence-electron chi connectivity index (χ3n) is 2.19. The van der Waals surface area contributed by atoms with Crippen molar-refractivity contribution in [2.24, 2.45) is 0 Å². The fraction of sp³-hybridized carbons (Fsp3) is 0.182. The molecule has 0 unspecified atom stereocenters. The molecule has 0 atom stereocenters. The zero-order valence-corrected chi connectivity index (χ0v) is 9.04. The Bertz CT molecular complexity index is 440. The number of hydrogen-bond acceptors (Lipinski definition) is 5. The van der Waals surface area contributed by atoms with Crippen LogP contribution in [-0.2, 0) is 6.54 Å². The maximum atomic E-state index is 5.47. The first-order chi connectivity index (χ1) is 7.75. The number of pyridine rings is 1. The molecule has 0 spiro atoms. The van der Waals surface area contributed by atoms with Crippen molar-refractivity contribution in [1.29, 1.82) is 0 Å². The van der Waals surface area contributed by atoms with Crippen LogP contribution < -0.4 is 10.6 Å². The van der Waals surface area contributed by atoms with E-state index in [4.69, 9.17) is 5.73 Å². The maximum absolute atomic E-state index is 5.47. The summed E-state index contributed by atoms with van der Waals surface area (Å²) in [6.07, 6.45) is 1.78. The molecule has 0 amide bonds. The van der Waals surface area contributed by atoms with Crippen LogP contribution in [0.5, 0.6) is 0 Å². The van der Waals surface area contributed by atoms with Gasteiger partial charge < -0.3 is 10.6 Å². The Kier molecular flexibility index (Phi) is 2.95. The normalized spacial score (nSPS) is 10.1. The van der Waals surface area contributed by atoms with E-state index in [2.05, 4.69) is 15.2 Å². The third-order valence-corrected chi connectivity index (χ3v) is 2.19. The number of nitrogen functional groups attached to an aromatic ring is 1. The molecule has 0 aromatic carbocycles. The Labute approximate surface area is 93.9 Å². The lowest BCUT2D eigenvalue weighted by Gasteiger charge is -2.16. The fourth-order valence-corrected chi connectivity index (χ4v) is 1.35. The summed E-state index contributed by atoms with van der Waals surface area (Å²) in [4.78, 5) is 6.21. The Balaban J connectivity index is 2.09. The third kappa shape index (κ3) is 2.44. The summed E-state index contributed by atoms with van der Waals surface area (Å²) >= 11 is 0. The van der Waals surface area contributed by atoms with E-state index in [1.54, 1.807) is 12.3 Å². The number of hydrogen-bond donors (Lipinski definition) is 1. The average Bonchev–Trinajstić information content (AvgIpc) is 2.31. The molecular weight excluding hydrogens is 202 g/mol. The van der Waals surface area contributed by atoms with E-state index in [9.17, 15) is 0 Å². The Morgan fingerprint density at radius 2 is 2.06 bits per heavy atom. The van der Waals surface area contributed by atoms with E-state index in [0.29, 0.717) is 12.4 Å². The van der Waals surface area contributed by atoms with Gasteiger partial charge in [-0.1, -0.05) is 6.07 Å². The predicted octanol–water partition coefficient (Wildman–Crippen LogP) is 1.09. The van der Waals surface area contributed by atoms with Crippen molar-refractivity contribution in [3.05, 3.63) is 42.2 Å². The first kappa shape index (κ1) is 10.4. The molecule has 0 bridgehead atoms. The standard InChI is InChI=1S/C11H13N5/c1-16(8-9-4-2-3-7-13-9)11-6-5-10(12)14-15-11/h2-7H,8H2,1H3,(H2,12,14). The number of nitrogens with two attached hydrogens (primary N) is 1. The van der Waals surface area contributed by atoms with Gasteiger partial charge in [0.1, 0.15) is 5.82 Å². The molecule has 0 fully saturated rings. The maximum Gasteiger partial charge on any atom is 0.151 e. The molecule has 5 nitrogen and oxygen atoms in total. The minimum absolute atomic E-state index is 0.426. The Morgan fingerprint density at radius 1 is 1.19 bits per heavy atom. The smallest absolute Gasteiger partial charge is 0.151 e. The summed E-state index contributed by atoms with van der Waals surface area (Å²) < 4.78 is 0. The van der Waals surface area contributed by atoms with Gasteiger partial charge in [0.05, 0.1) is 12.2 Å². The lowest BCUT2D eigenvalue weighted by Crippen LogP contribution is -2.18. The van der Waals surface area contributed by atoms with Crippen LogP contribution in [0.1, 0.15) is 5.69 Å². The zero-order valence-electron chi connectivity index (χ0n) is 9.04. The first-order valence-corrected chi connectivity index (χ1v) is 4.96. The minimum atomic E-state index is 0.426. The fourth-order valence-electron chi connectivity index (χ4n) is 1.35. The van der Waals surface area contributed by atoms with E-state index in [1.165, 1.54) is 0 Å². The van der Waals surface area contributed by atoms with Crippen molar-refractivity contribution in [3.8, 4) is 0 Å². The molecule has 5 heteroatoms. The SMILES string of the molecule is CN(Cc1ccccn1)c1ccc(N)nn1. The highest BCUT2D eigenvalue weighted by molar-refractivity contribution is 5.40. The Hall–Kier alpha value is -2.17. The molecule has 2 rings (SSSR count). The van der Waals surface area contributed by atoms with Gasteiger partial charge in [-0.15, -0.1) is 10.2 Å². The van der Waals surface area contributed by atoms with Gasteiger partial charge in [-0.25, -0.2) is 0 Å². The van der Waals surface area contributed by atoms with Gasteiger partial charge in [-0.05, 0) is 24.3 Å². The van der Waals surface area contributed by atoms with Crippen molar-refractivity contribution in [1.82, 2.24) is 15.2 Å². The Morgan fingerprint density at radius 3 is 2.69 bits per heavy atom. The summed E-state index contributed by atoms with van der Waals surface area (Å²) in [6, 6.07) is 9.40. The monoisotopic (exact) mass is 215 g/mol. The molecule has 0 radical (unpaired) electrons. The van der Waals surface area contributed by atoms with E-state index in [0.717, 1.165) is 11.5 Å². The topological polar surface area (TPSA) is 67.9 Å². The second-order valence-electron chi connectivity index (χ2n) is 3.49. The highest BCUT2D eigenvalue weighted by atomic mass is 15.3. The van der Waals surface area contributed by atoms with E-state index < -0.39 is 0 Å². The summed E-state index contributed by atoms with van der Waals surface area (Å²) in [5, 5.41) is 7.81. The number of aromatic nitrogens is 3. The van der Waals surface area contributed by atoms with Gasteiger partial charge in [0.25, 0.3) is 0 Å². The molecule has 0 saturated heterocycles. The average molecular weight is 215 g/mol. The molecule has 2 heterocycles. The minimum Gasteiger partial charge on any atom is -0.382 e. The summed E-state index contributed by atoms with van der Waals surface area (Å²) in [5.74, 6) is 1.20. The van der Waals surface area contributed by atoms with Gasteiger partial charge in [-0.2, -0.15) is 0 Å². The van der Waals surface area contributed by atoms with Crippen LogP contribution in [0, 0.1) is 0 Å². The lowest BCUT2D eigenvalue weighted by atomic mass is 10.3. The molecule has 16 heavy (non-hydrogen) atoms. The van der Waals surface area contributed by atoms with Crippen LogP contribution in [0.4, 0.5) is 11.6 Å². The molecule has 0 saturated carbocycles. The summed E-state index contributed by atoms with van der Waals surface area (Å²) in [7, 11) is 1.94. The molecule has 0 aliphatic heterocycles. The molecule has 0 aliphatic rings. The van der Waals surface area contributed by atoms with Crippen LogP contribution >= 0.6 is 0 Å². The van der Waals surface area contributed by atoms with Crippen molar-refractivity contribution in [2.45, 2.75) is 6.54 Å². The second-order valence-corrected chi connectivity index (χ2v) is 3.49. The quantitative estimate of drug-likeness (QED) is 0.830. The molecule has 82 valence electrons. The van der Waals surface area contributed by atoms with Crippen molar-refractivity contribution in [2.75, 3.05) is 17.7 Å². The van der Waals surface area contributed by atoms with Crippen LogP contribution in [0.25, 0.3) is 0 Å². The van der Waals surface area contributed by atoms with Crippen LogP contribution in [0.15, 0.2) is 36.5 Å². The molecular formula is C11H13N5. The largest absolute Gasteiger partial charge is 0.382 e. The number of anilines is 2. The van der Waals surface area contributed by atoms with Crippen molar-refractivity contribution in [3.63, 3.8) is 0 Å². The van der Waals surface area contributed by atoms with Gasteiger partial charge in [-0.3, -0.25) is 4.98 Å². The zero-order chi connectivity index (χ0) is 11.4. The first-order valence-electron chi connectivity index (χ1n) is 4.96. The van der Waals surface area contributed by atoms with E-state index >= 15 is 0 Å². The van der Waals surface area contributed by atoms with Gasteiger partial charge in [0, 0.05) is 13.2 Å². The van der Waals surface area contributed by atoms with Gasteiger partial charge in [0.15, 0.2) is 5.82 Å². The summed E-state index contributed by atoms with van der Waals surface area (Å²) in [5.41, 5.74) is 6.46. The number of rotatable bonds is 3. The number of nitrogens with zero attached hydrogens (tertiary/aromatic N) is 4. The lowest BCUT2D eigenvalue weighted by molar-refractivity contribution is 0.845. The van der Waals surface area contributed by atoms with Gasteiger partial charge in [0.2, 0.25) is 0 Å². The molecule has 2 aromatic heterocycles.